The molecule has 0 N–H and O–H groups in total. The molecule has 3 heterocycles. The number of methoxy groups -OCH3 is 1. The third-order valence-electron chi connectivity index (χ3n) is 4.84. The van der Waals surface area contributed by atoms with E-state index in [0.717, 1.165) is 17.8 Å². The molecule has 6 heteroatoms. The van der Waals surface area contributed by atoms with Gasteiger partial charge in [0, 0.05) is 36.8 Å². The molecule has 0 spiro atoms. The molecule has 0 unspecified atom stereocenters. The summed E-state index contributed by atoms with van der Waals surface area (Å²) in [4.78, 5) is 8.58. The first-order chi connectivity index (χ1) is 12.8. The number of aromatic nitrogens is 3. The van der Waals surface area contributed by atoms with E-state index in [2.05, 4.69) is 14.5 Å². The number of pyridine rings is 1. The normalized spacial score (nSPS) is 19.6. The minimum Gasteiger partial charge on any atom is -0.496 e. The summed E-state index contributed by atoms with van der Waals surface area (Å²) < 4.78 is 26.8. The van der Waals surface area contributed by atoms with Gasteiger partial charge in [-0.05, 0) is 36.2 Å². The Hall–Kier alpha value is -2.73. The van der Waals surface area contributed by atoms with Crippen LogP contribution >= 0.6 is 0 Å². The lowest BCUT2D eigenvalue weighted by atomic mass is 9.95. The maximum absolute atomic E-state index is 13.5. The van der Waals surface area contributed by atoms with E-state index in [4.69, 9.17) is 9.47 Å². The highest BCUT2D eigenvalue weighted by Crippen LogP contribution is 2.35. The minimum absolute atomic E-state index is 0.162. The lowest BCUT2D eigenvalue weighted by Crippen LogP contribution is -2.20. The Balaban J connectivity index is 1.66. The molecule has 26 heavy (non-hydrogen) atoms. The summed E-state index contributed by atoms with van der Waals surface area (Å²) in [6, 6.07) is 8.75. The Morgan fingerprint density at radius 1 is 1.19 bits per heavy atom. The van der Waals surface area contributed by atoms with Gasteiger partial charge in [-0.3, -0.25) is 4.98 Å². The quantitative estimate of drug-likeness (QED) is 0.704. The first-order valence-corrected chi connectivity index (χ1v) is 8.59. The van der Waals surface area contributed by atoms with Gasteiger partial charge in [0.1, 0.15) is 17.4 Å². The first kappa shape index (κ1) is 16.7. The molecule has 0 amide bonds. The fourth-order valence-corrected chi connectivity index (χ4v) is 3.55. The standard InChI is InChI=1S/C20H20FN3O2/c1-25-19-11-16(21)2-3-17(19)20-23-8-9-24(20)18-13-26-12-15(18)10-14-4-6-22-7-5-14/h2-9,11,15,18H,10,12-13H2,1H3/t15-,18-/m1/s1. The molecule has 134 valence electrons. The van der Waals surface area contributed by atoms with E-state index in [1.165, 1.54) is 24.8 Å². The van der Waals surface area contributed by atoms with E-state index < -0.39 is 0 Å². The zero-order chi connectivity index (χ0) is 17.9. The Morgan fingerprint density at radius 2 is 2.04 bits per heavy atom. The van der Waals surface area contributed by atoms with Gasteiger partial charge in [-0.15, -0.1) is 0 Å². The number of benzene rings is 1. The maximum Gasteiger partial charge on any atom is 0.143 e. The lowest BCUT2D eigenvalue weighted by Gasteiger charge is -2.22. The van der Waals surface area contributed by atoms with Gasteiger partial charge in [0.25, 0.3) is 0 Å². The molecule has 0 aliphatic carbocycles. The molecule has 2 atom stereocenters. The molecule has 2 aromatic heterocycles. The average Bonchev–Trinajstić information content (AvgIpc) is 3.31. The van der Waals surface area contributed by atoms with Crippen molar-refractivity contribution in [2.75, 3.05) is 20.3 Å². The van der Waals surface area contributed by atoms with Crippen molar-refractivity contribution < 1.29 is 13.9 Å². The summed E-state index contributed by atoms with van der Waals surface area (Å²) in [7, 11) is 1.54. The summed E-state index contributed by atoms with van der Waals surface area (Å²) in [5.74, 6) is 1.24. The SMILES string of the molecule is COc1cc(F)ccc1-c1nccn1[C@@H]1COC[C@H]1Cc1ccncc1. The number of hydrogen-bond acceptors (Lipinski definition) is 4. The molecule has 4 rings (SSSR count). The van der Waals surface area contributed by atoms with Gasteiger partial charge in [-0.2, -0.15) is 0 Å². The van der Waals surface area contributed by atoms with E-state index in [1.807, 2.05) is 30.7 Å². The van der Waals surface area contributed by atoms with Crippen LogP contribution in [0.1, 0.15) is 11.6 Å². The van der Waals surface area contributed by atoms with Crippen LogP contribution in [0.3, 0.4) is 0 Å². The van der Waals surface area contributed by atoms with Crippen molar-refractivity contribution in [3.63, 3.8) is 0 Å². The highest BCUT2D eigenvalue weighted by molar-refractivity contribution is 5.64. The molecular formula is C20H20FN3O2. The van der Waals surface area contributed by atoms with Crippen LogP contribution < -0.4 is 4.74 Å². The monoisotopic (exact) mass is 353 g/mol. The number of imidazole rings is 1. The number of rotatable bonds is 5. The second-order valence-electron chi connectivity index (χ2n) is 6.43. The third-order valence-corrected chi connectivity index (χ3v) is 4.84. The van der Waals surface area contributed by atoms with E-state index in [9.17, 15) is 4.39 Å². The molecule has 1 saturated heterocycles. The van der Waals surface area contributed by atoms with Crippen LogP contribution in [0.4, 0.5) is 4.39 Å². The Kier molecular flexibility index (Phi) is 4.67. The van der Waals surface area contributed by atoms with Crippen LogP contribution in [0.25, 0.3) is 11.4 Å². The van der Waals surface area contributed by atoms with Crippen LogP contribution in [-0.2, 0) is 11.2 Å². The molecule has 1 fully saturated rings. The molecule has 0 saturated carbocycles. The largest absolute Gasteiger partial charge is 0.496 e. The number of nitrogens with zero attached hydrogens (tertiary/aromatic N) is 3. The second kappa shape index (κ2) is 7.25. The smallest absolute Gasteiger partial charge is 0.143 e. The second-order valence-corrected chi connectivity index (χ2v) is 6.43. The molecule has 1 aliphatic rings. The molecule has 1 aliphatic heterocycles. The Labute approximate surface area is 151 Å². The highest BCUT2D eigenvalue weighted by Gasteiger charge is 2.31. The third kappa shape index (κ3) is 3.20. The Morgan fingerprint density at radius 3 is 2.85 bits per heavy atom. The highest BCUT2D eigenvalue weighted by atomic mass is 19.1. The molecule has 5 nitrogen and oxygen atoms in total. The minimum atomic E-state index is -0.330. The molecule has 0 bridgehead atoms. The van der Waals surface area contributed by atoms with Crippen LogP contribution in [-0.4, -0.2) is 34.9 Å². The van der Waals surface area contributed by atoms with E-state index in [0.29, 0.717) is 24.9 Å². The van der Waals surface area contributed by atoms with E-state index in [1.54, 1.807) is 12.3 Å². The van der Waals surface area contributed by atoms with Gasteiger partial charge < -0.3 is 14.0 Å². The van der Waals surface area contributed by atoms with Crippen molar-refractivity contribution in [3.05, 3.63) is 66.5 Å². The van der Waals surface area contributed by atoms with Crippen molar-refractivity contribution in [2.45, 2.75) is 12.5 Å². The van der Waals surface area contributed by atoms with Crippen LogP contribution in [0, 0.1) is 11.7 Å². The summed E-state index contributed by atoms with van der Waals surface area (Å²) in [6.07, 6.45) is 8.25. The van der Waals surface area contributed by atoms with Gasteiger partial charge >= 0.3 is 0 Å². The number of ether oxygens (including phenoxy) is 2. The number of hydrogen-bond donors (Lipinski definition) is 0. The zero-order valence-electron chi connectivity index (χ0n) is 14.5. The topological polar surface area (TPSA) is 49.2 Å². The first-order valence-electron chi connectivity index (χ1n) is 8.59. The molecule has 1 aromatic carbocycles. The molecule has 3 aromatic rings. The predicted molar refractivity (Wildman–Crippen MR) is 95.5 cm³/mol. The lowest BCUT2D eigenvalue weighted by molar-refractivity contribution is 0.181. The zero-order valence-corrected chi connectivity index (χ0v) is 14.5. The summed E-state index contributed by atoms with van der Waals surface area (Å²) in [6.45, 7) is 1.33. The van der Waals surface area contributed by atoms with Gasteiger partial charge in [-0.25, -0.2) is 9.37 Å². The Bertz CT molecular complexity index is 882. The van der Waals surface area contributed by atoms with Crippen molar-refractivity contribution in [1.82, 2.24) is 14.5 Å². The maximum atomic E-state index is 13.5. The van der Waals surface area contributed by atoms with Gasteiger partial charge in [-0.1, -0.05) is 0 Å². The van der Waals surface area contributed by atoms with Crippen LogP contribution in [0.2, 0.25) is 0 Å². The van der Waals surface area contributed by atoms with Gasteiger partial charge in [0.15, 0.2) is 0 Å². The predicted octanol–water partition coefficient (Wildman–Crippen LogP) is 3.52. The molecular weight excluding hydrogens is 333 g/mol. The van der Waals surface area contributed by atoms with Gasteiger partial charge in [0.05, 0.1) is 31.9 Å². The van der Waals surface area contributed by atoms with Crippen LogP contribution in [0.5, 0.6) is 5.75 Å². The summed E-state index contributed by atoms with van der Waals surface area (Å²) in [5.41, 5.74) is 2.01. The van der Waals surface area contributed by atoms with E-state index in [-0.39, 0.29) is 11.9 Å². The van der Waals surface area contributed by atoms with Gasteiger partial charge in [0.2, 0.25) is 0 Å². The molecule has 0 radical (unpaired) electrons. The fourth-order valence-electron chi connectivity index (χ4n) is 3.55. The van der Waals surface area contributed by atoms with Crippen LogP contribution in [0.15, 0.2) is 55.1 Å². The van der Waals surface area contributed by atoms with Crippen molar-refractivity contribution in [3.8, 4) is 17.1 Å². The van der Waals surface area contributed by atoms with Crippen molar-refractivity contribution >= 4 is 0 Å². The van der Waals surface area contributed by atoms with Crippen molar-refractivity contribution in [1.29, 1.82) is 0 Å². The van der Waals surface area contributed by atoms with E-state index >= 15 is 0 Å². The van der Waals surface area contributed by atoms with Crippen molar-refractivity contribution in [2.24, 2.45) is 5.92 Å². The fraction of sp³-hybridized carbons (Fsp3) is 0.300. The number of halogens is 1. The average molecular weight is 353 g/mol. The summed E-state index contributed by atoms with van der Waals surface area (Å²) in [5, 5.41) is 0. The summed E-state index contributed by atoms with van der Waals surface area (Å²) >= 11 is 0.